The number of nitrogens with zero attached hydrogens (tertiary/aromatic N) is 1. The molecular formula is C15H19N5O3. The zero-order valence-electron chi connectivity index (χ0n) is 12.5. The number of aryl methyl sites for hydroxylation is 1. The predicted molar refractivity (Wildman–Crippen MR) is 84.2 cm³/mol. The molecular weight excluding hydrogens is 298 g/mol. The molecule has 1 aromatic rings. The Kier molecular flexibility index (Phi) is 6.25. The molecule has 1 aromatic carbocycles. The molecule has 4 amide bonds. The van der Waals surface area contributed by atoms with Crippen molar-refractivity contribution >= 4 is 24.1 Å². The molecule has 0 bridgehead atoms. The number of carbonyl (C=O) groups excluding carboxylic acids is 3. The molecule has 1 fully saturated rings. The van der Waals surface area contributed by atoms with Crippen LogP contribution in [0.2, 0.25) is 0 Å². The Morgan fingerprint density at radius 2 is 2.04 bits per heavy atom. The van der Waals surface area contributed by atoms with Crippen molar-refractivity contribution in [3.8, 4) is 0 Å². The van der Waals surface area contributed by atoms with E-state index in [-0.39, 0.29) is 18.7 Å². The molecule has 8 nitrogen and oxygen atoms in total. The van der Waals surface area contributed by atoms with Crippen LogP contribution in [0.1, 0.15) is 24.8 Å². The van der Waals surface area contributed by atoms with Crippen LogP contribution in [0.15, 0.2) is 35.4 Å². The van der Waals surface area contributed by atoms with Crippen LogP contribution in [0.25, 0.3) is 0 Å². The van der Waals surface area contributed by atoms with E-state index >= 15 is 0 Å². The largest absolute Gasteiger partial charge is 0.335 e. The number of amides is 4. The highest BCUT2D eigenvalue weighted by molar-refractivity contribution is 5.99. The van der Waals surface area contributed by atoms with Crippen LogP contribution < -0.4 is 21.6 Å². The number of hydrogen-bond acceptors (Lipinski definition) is 5. The van der Waals surface area contributed by atoms with Gasteiger partial charge >= 0.3 is 6.03 Å². The standard InChI is InChI=1S/C15H19N5O3/c21-13(9-8-12-14(22)17-15(23)20-18-12)19-16-10-4-7-11-5-2-1-3-6-11/h1-3,5-6,10,12,18H,4,7-9H2,(H,19,21)(H2,17,20,22,23)/b16-10+. The molecule has 1 heterocycles. The first-order valence-electron chi connectivity index (χ1n) is 7.36. The second-order valence-corrected chi connectivity index (χ2v) is 5.05. The minimum atomic E-state index is -0.625. The first-order valence-corrected chi connectivity index (χ1v) is 7.36. The van der Waals surface area contributed by atoms with Crippen molar-refractivity contribution in [3.05, 3.63) is 35.9 Å². The second kappa shape index (κ2) is 8.64. The number of rotatable bonds is 7. The summed E-state index contributed by atoms with van der Waals surface area (Å²) < 4.78 is 0. The van der Waals surface area contributed by atoms with Crippen LogP contribution in [0.3, 0.4) is 0 Å². The molecule has 1 unspecified atom stereocenters. The van der Waals surface area contributed by atoms with E-state index in [4.69, 9.17) is 0 Å². The molecule has 1 atom stereocenters. The molecule has 1 aliphatic rings. The zero-order valence-corrected chi connectivity index (χ0v) is 12.5. The maximum absolute atomic E-state index is 11.6. The van der Waals surface area contributed by atoms with Crippen LogP contribution in [0, 0.1) is 0 Å². The number of benzene rings is 1. The fraction of sp³-hybridized carbons (Fsp3) is 0.333. The van der Waals surface area contributed by atoms with Gasteiger partial charge in [-0.2, -0.15) is 5.10 Å². The molecule has 0 spiro atoms. The van der Waals surface area contributed by atoms with Gasteiger partial charge in [-0.1, -0.05) is 30.3 Å². The van der Waals surface area contributed by atoms with Gasteiger partial charge in [0, 0.05) is 12.6 Å². The third-order valence-electron chi connectivity index (χ3n) is 3.26. The van der Waals surface area contributed by atoms with E-state index in [0.717, 1.165) is 12.8 Å². The van der Waals surface area contributed by atoms with Crippen molar-refractivity contribution in [3.63, 3.8) is 0 Å². The van der Waals surface area contributed by atoms with Gasteiger partial charge in [-0.25, -0.2) is 15.6 Å². The molecule has 23 heavy (non-hydrogen) atoms. The topological polar surface area (TPSA) is 112 Å². The fourth-order valence-corrected chi connectivity index (χ4v) is 2.04. The summed E-state index contributed by atoms with van der Waals surface area (Å²) in [5, 5.41) is 5.98. The highest BCUT2D eigenvalue weighted by Crippen LogP contribution is 2.01. The number of hydrazone groups is 1. The van der Waals surface area contributed by atoms with Crippen LogP contribution in [-0.4, -0.2) is 30.1 Å². The molecule has 1 saturated heterocycles. The van der Waals surface area contributed by atoms with Crippen LogP contribution in [0.5, 0.6) is 0 Å². The van der Waals surface area contributed by atoms with Gasteiger partial charge in [0.1, 0.15) is 6.04 Å². The molecule has 0 aromatic heterocycles. The number of carbonyl (C=O) groups is 3. The number of urea groups is 1. The molecule has 8 heteroatoms. The molecule has 4 N–H and O–H groups in total. The van der Waals surface area contributed by atoms with Gasteiger partial charge in [0.2, 0.25) is 11.8 Å². The van der Waals surface area contributed by atoms with E-state index in [1.54, 1.807) is 6.21 Å². The normalized spacial score (nSPS) is 17.7. The Morgan fingerprint density at radius 1 is 1.26 bits per heavy atom. The lowest BCUT2D eigenvalue weighted by atomic mass is 10.1. The predicted octanol–water partition coefficient (Wildman–Crippen LogP) is 0.214. The maximum Gasteiger partial charge on any atom is 0.335 e. The first-order chi connectivity index (χ1) is 11.1. The molecule has 2 rings (SSSR count). The Morgan fingerprint density at radius 3 is 2.78 bits per heavy atom. The van der Waals surface area contributed by atoms with Gasteiger partial charge in [0.25, 0.3) is 0 Å². The maximum atomic E-state index is 11.6. The van der Waals surface area contributed by atoms with Gasteiger partial charge in [-0.3, -0.25) is 20.3 Å². The Bertz CT molecular complexity index is 588. The third-order valence-corrected chi connectivity index (χ3v) is 3.26. The summed E-state index contributed by atoms with van der Waals surface area (Å²) in [5.74, 6) is -0.736. The van der Waals surface area contributed by atoms with E-state index in [0.29, 0.717) is 0 Å². The van der Waals surface area contributed by atoms with E-state index in [2.05, 4.69) is 26.7 Å². The van der Waals surface area contributed by atoms with Gasteiger partial charge in [0.15, 0.2) is 0 Å². The molecule has 0 saturated carbocycles. The summed E-state index contributed by atoms with van der Waals surface area (Å²) in [7, 11) is 0. The van der Waals surface area contributed by atoms with E-state index in [1.807, 2.05) is 30.3 Å². The summed E-state index contributed by atoms with van der Waals surface area (Å²) in [4.78, 5) is 33.9. The Balaban J connectivity index is 1.60. The lowest BCUT2D eigenvalue weighted by Gasteiger charge is -2.22. The minimum Gasteiger partial charge on any atom is -0.276 e. The summed E-state index contributed by atoms with van der Waals surface area (Å²) in [6.07, 6.45) is 3.61. The highest BCUT2D eigenvalue weighted by Gasteiger charge is 2.25. The molecule has 0 radical (unpaired) electrons. The van der Waals surface area contributed by atoms with Crippen molar-refractivity contribution in [1.82, 2.24) is 21.6 Å². The number of hydrogen-bond donors (Lipinski definition) is 4. The third kappa shape index (κ3) is 5.87. The van der Waals surface area contributed by atoms with E-state index in [9.17, 15) is 14.4 Å². The lowest BCUT2D eigenvalue weighted by Crippen LogP contribution is -2.62. The first kappa shape index (κ1) is 16.6. The van der Waals surface area contributed by atoms with E-state index < -0.39 is 18.0 Å². The summed E-state index contributed by atoms with van der Waals surface area (Å²) >= 11 is 0. The van der Waals surface area contributed by atoms with Crippen molar-refractivity contribution in [2.24, 2.45) is 5.10 Å². The average Bonchev–Trinajstić information content (AvgIpc) is 2.54. The second-order valence-electron chi connectivity index (χ2n) is 5.05. The van der Waals surface area contributed by atoms with Crippen molar-refractivity contribution in [2.75, 3.05) is 0 Å². The van der Waals surface area contributed by atoms with Crippen LogP contribution >= 0.6 is 0 Å². The quantitative estimate of drug-likeness (QED) is 0.425. The van der Waals surface area contributed by atoms with Crippen molar-refractivity contribution < 1.29 is 14.4 Å². The van der Waals surface area contributed by atoms with E-state index in [1.165, 1.54) is 5.56 Å². The summed E-state index contributed by atoms with van der Waals surface area (Å²) in [6.45, 7) is 0. The van der Waals surface area contributed by atoms with Gasteiger partial charge in [0.05, 0.1) is 0 Å². The van der Waals surface area contributed by atoms with Crippen LogP contribution in [0.4, 0.5) is 4.79 Å². The Labute approximate surface area is 133 Å². The smallest absolute Gasteiger partial charge is 0.276 e. The molecule has 0 aliphatic carbocycles. The Hall–Kier alpha value is -2.74. The minimum absolute atomic E-state index is 0.122. The summed E-state index contributed by atoms with van der Waals surface area (Å²) in [5.41, 5.74) is 8.44. The van der Waals surface area contributed by atoms with Gasteiger partial charge < -0.3 is 0 Å². The SMILES string of the molecule is O=C(CCC1NNC(=O)NC1=O)N/N=C/CCc1ccccc1. The van der Waals surface area contributed by atoms with Gasteiger partial charge in [-0.05, 0) is 24.8 Å². The zero-order chi connectivity index (χ0) is 16.5. The highest BCUT2D eigenvalue weighted by atomic mass is 16.2. The summed E-state index contributed by atoms with van der Waals surface area (Å²) in [6, 6.07) is 8.77. The van der Waals surface area contributed by atoms with Crippen LogP contribution in [-0.2, 0) is 16.0 Å². The number of hydrazine groups is 1. The average molecular weight is 317 g/mol. The number of imide groups is 1. The van der Waals surface area contributed by atoms with Gasteiger partial charge in [-0.15, -0.1) is 0 Å². The molecule has 1 aliphatic heterocycles. The fourth-order valence-electron chi connectivity index (χ4n) is 2.04. The molecule has 122 valence electrons. The monoisotopic (exact) mass is 317 g/mol. The van der Waals surface area contributed by atoms with Crippen molar-refractivity contribution in [1.29, 1.82) is 0 Å². The lowest BCUT2D eigenvalue weighted by molar-refractivity contribution is -0.124. The number of nitrogens with one attached hydrogen (secondary N) is 4. The van der Waals surface area contributed by atoms with Crippen molar-refractivity contribution in [2.45, 2.75) is 31.7 Å².